The number of hydrogen-bond donors (Lipinski definition) is 1. The molecular weight excluding hydrogens is 170 g/mol. The van der Waals surface area contributed by atoms with Crippen LogP contribution in [0.5, 0.6) is 0 Å². The van der Waals surface area contributed by atoms with Crippen LogP contribution in [-0.2, 0) is 9.59 Å². The van der Waals surface area contributed by atoms with Gasteiger partial charge in [-0.15, -0.1) is 0 Å². The predicted molar refractivity (Wildman–Crippen MR) is 45.0 cm³/mol. The van der Waals surface area contributed by atoms with E-state index < -0.39 is 5.97 Å². The molecule has 0 spiro atoms. The van der Waals surface area contributed by atoms with Gasteiger partial charge >= 0.3 is 5.97 Å². The molecule has 72 valence electrons. The second-order valence-electron chi connectivity index (χ2n) is 3.83. The summed E-state index contributed by atoms with van der Waals surface area (Å²) in [5.41, 5.74) is 0. The van der Waals surface area contributed by atoms with Crippen molar-refractivity contribution in [2.75, 3.05) is 6.54 Å². The first-order chi connectivity index (χ1) is 6.15. The Morgan fingerprint density at radius 3 is 2.69 bits per heavy atom. The fourth-order valence-electron chi connectivity index (χ4n) is 2.48. The van der Waals surface area contributed by atoms with Gasteiger partial charge in [0.25, 0.3) is 0 Å². The van der Waals surface area contributed by atoms with Crippen molar-refractivity contribution in [3.63, 3.8) is 0 Å². The molecular formula is C9H13NO3. The molecule has 0 aromatic carbocycles. The lowest BCUT2D eigenvalue weighted by molar-refractivity contribution is -0.148. The molecule has 2 heterocycles. The van der Waals surface area contributed by atoms with Crippen molar-refractivity contribution in [1.29, 1.82) is 0 Å². The Morgan fingerprint density at radius 1 is 1.54 bits per heavy atom. The van der Waals surface area contributed by atoms with E-state index in [9.17, 15) is 9.59 Å². The van der Waals surface area contributed by atoms with Crippen LogP contribution in [-0.4, -0.2) is 34.5 Å². The molecule has 13 heavy (non-hydrogen) atoms. The molecule has 1 N–H and O–H groups in total. The second-order valence-corrected chi connectivity index (χ2v) is 3.83. The molecule has 2 bridgehead atoms. The molecule has 0 radical (unpaired) electrons. The normalized spacial score (nSPS) is 35.8. The van der Waals surface area contributed by atoms with E-state index in [-0.39, 0.29) is 23.8 Å². The third-order valence-corrected chi connectivity index (χ3v) is 3.21. The van der Waals surface area contributed by atoms with Crippen LogP contribution in [0.4, 0.5) is 0 Å². The molecule has 3 unspecified atom stereocenters. The van der Waals surface area contributed by atoms with Crippen molar-refractivity contribution in [1.82, 2.24) is 4.90 Å². The van der Waals surface area contributed by atoms with Crippen LogP contribution >= 0.6 is 0 Å². The Hall–Kier alpha value is -1.06. The number of carbonyl (C=O) groups is 2. The summed E-state index contributed by atoms with van der Waals surface area (Å²) in [5.74, 6) is -0.711. The van der Waals surface area contributed by atoms with Crippen LogP contribution < -0.4 is 0 Å². The molecule has 1 aliphatic carbocycles. The summed E-state index contributed by atoms with van der Waals surface area (Å²) in [4.78, 5) is 23.9. The number of carbonyl (C=O) groups excluding carboxylic acids is 1. The Morgan fingerprint density at radius 2 is 2.23 bits per heavy atom. The van der Waals surface area contributed by atoms with E-state index in [1.165, 1.54) is 0 Å². The summed E-state index contributed by atoms with van der Waals surface area (Å²) < 4.78 is 0. The lowest BCUT2D eigenvalue weighted by Crippen LogP contribution is -2.44. The number of hydrogen-bond acceptors (Lipinski definition) is 2. The SMILES string of the molecule is CCC(=O)N1CC2CC1C2C(=O)O. The van der Waals surface area contributed by atoms with Crippen molar-refractivity contribution in [2.45, 2.75) is 25.8 Å². The van der Waals surface area contributed by atoms with Crippen LogP contribution in [0.2, 0.25) is 0 Å². The van der Waals surface area contributed by atoms with Crippen LogP contribution in [0.25, 0.3) is 0 Å². The van der Waals surface area contributed by atoms with Gasteiger partial charge < -0.3 is 10.0 Å². The predicted octanol–water partition coefficient (Wildman–Crippen LogP) is 0.328. The maximum Gasteiger partial charge on any atom is 0.308 e. The molecule has 0 aromatic heterocycles. The van der Waals surface area contributed by atoms with E-state index >= 15 is 0 Å². The summed E-state index contributed by atoms with van der Waals surface area (Å²) in [6.45, 7) is 2.47. The minimum Gasteiger partial charge on any atom is -0.481 e. The Balaban J connectivity index is 2.07. The summed E-state index contributed by atoms with van der Waals surface area (Å²) in [6.07, 6.45) is 1.37. The number of fused-ring (bicyclic) bond motifs is 1. The van der Waals surface area contributed by atoms with Crippen molar-refractivity contribution in [3.8, 4) is 0 Å². The molecule has 0 aromatic rings. The van der Waals surface area contributed by atoms with E-state index in [1.54, 1.807) is 4.90 Å². The largest absolute Gasteiger partial charge is 0.481 e. The molecule has 4 heteroatoms. The van der Waals surface area contributed by atoms with Crippen LogP contribution in [0.3, 0.4) is 0 Å². The molecule has 4 nitrogen and oxygen atoms in total. The number of aliphatic carboxylic acids is 1. The van der Waals surface area contributed by atoms with Crippen molar-refractivity contribution in [3.05, 3.63) is 0 Å². The highest BCUT2D eigenvalue weighted by Crippen LogP contribution is 2.46. The van der Waals surface area contributed by atoms with Gasteiger partial charge in [0.05, 0.1) is 5.92 Å². The fourth-order valence-corrected chi connectivity index (χ4v) is 2.48. The molecule has 2 saturated heterocycles. The zero-order chi connectivity index (χ0) is 9.59. The standard InChI is InChI=1S/C9H13NO3/c1-2-7(11)10-4-5-3-6(10)8(5)9(12)13/h5-6,8H,2-4H2,1H3,(H,12,13). The van der Waals surface area contributed by atoms with Gasteiger partial charge in [-0.25, -0.2) is 0 Å². The Bertz CT molecular complexity index is 264. The zero-order valence-electron chi connectivity index (χ0n) is 7.56. The summed E-state index contributed by atoms with van der Waals surface area (Å²) in [7, 11) is 0. The topological polar surface area (TPSA) is 57.6 Å². The van der Waals surface area contributed by atoms with Gasteiger partial charge in [0.1, 0.15) is 0 Å². The maximum absolute atomic E-state index is 11.4. The monoisotopic (exact) mass is 183 g/mol. The van der Waals surface area contributed by atoms with Crippen molar-refractivity contribution >= 4 is 11.9 Å². The first-order valence-electron chi connectivity index (χ1n) is 4.67. The van der Waals surface area contributed by atoms with Gasteiger partial charge in [-0.2, -0.15) is 0 Å². The minimum atomic E-state index is -0.743. The zero-order valence-corrected chi connectivity index (χ0v) is 7.56. The Kier molecular flexibility index (Phi) is 1.78. The highest BCUT2D eigenvalue weighted by atomic mass is 16.4. The van der Waals surface area contributed by atoms with E-state index in [0.29, 0.717) is 13.0 Å². The highest BCUT2D eigenvalue weighted by molar-refractivity contribution is 5.80. The number of amides is 1. The summed E-state index contributed by atoms with van der Waals surface area (Å²) >= 11 is 0. The first-order valence-corrected chi connectivity index (χ1v) is 4.67. The molecule has 1 amide bonds. The van der Waals surface area contributed by atoms with Crippen molar-refractivity contribution in [2.24, 2.45) is 11.8 Å². The first kappa shape index (κ1) is 8.53. The van der Waals surface area contributed by atoms with Gasteiger partial charge in [0.15, 0.2) is 0 Å². The van der Waals surface area contributed by atoms with Gasteiger partial charge in [-0.3, -0.25) is 9.59 Å². The van der Waals surface area contributed by atoms with Crippen LogP contribution in [0.1, 0.15) is 19.8 Å². The average Bonchev–Trinajstić information content (AvgIpc) is 2.57. The third-order valence-electron chi connectivity index (χ3n) is 3.21. The summed E-state index contributed by atoms with van der Waals surface area (Å²) in [6, 6.07) is -0.00468. The molecule has 3 atom stereocenters. The van der Waals surface area contributed by atoms with E-state index in [1.807, 2.05) is 6.92 Å². The van der Waals surface area contributed by atoms with Crippen LogP contribution in [0, 0.1) is 11.8 Å². The fraction of sp³-hybridized carbons (Fsp3) is 0.778. The number of rotatable bonds is 2. The van der Waals surface area contributed by atoms with Crippen molar-refractivity contribution < 1.29 is 14.7 Å². The molecule has 2 aliphatic heterocycles. The third kappa shape index (κ3) is 1.04. The second kappa shape index (κ2) is 2.72. The van der Waals surface area contributed by atoms with Crippen LogP contribution in [0.15, 0.2) is 0 Å². The minimum absolute atomic E-state index is 0.00468. The van der Waals surface area contributed by atoms with E-state index in [4.69, 9.17) is 5.11 Å². The Labute approximate surface area is 76.5 Å². The van der Waals surface area contributed by atoms with Gasteiger partial charge in [-0.1, -0.05) is 6.92 Å². The molecule has 1 saturated carbocycles. The van der Waals surface area contributed by atoms with E-state index in [0.717, 1.165) is 6.42 Å². The maximum atomic E-state index is 11.4. The van der Waals surface area contributed by atoms with E-state index in [2.05, 4.69) is 0 Å². The van der Waals surface area contributed by atoms with Gasteiger partial charge in [-0.05, 0) is 12.3 Å². The molecule has 3 fully saturated rings. The number of carboxylic acid groups (broad SMARTS) is 1. The molecule has 3 aliphatic rings. The van der Waals surface area contributed by atoms with Gasteiger partial charge in [0.2, 0.25) is 5.91 Å². The smallest absolute Gasteiger partial charge is 0.308 e. The highest BCUT2D eigenvalue weighted by Gasteiger charge is 2.56. The number of carboxylic acids is 1. The quantitative estimate of drug-likeness (QED) is 0.671. The molecule has 3 rings (SSSR count). The number of nitrogens with zero attached hydrogens (tertiary/aromatic N) is 1. The van der Waals surface area contributed by atoms with Gasteiger partial charge in [0, 0.05) is 19.0 Å². The lowest BCUT2D eigenvalue weighted by atomic mass is 9.74. The average molecular weight is 183 g/mol. The summed E-state index contributed by atoms with van der Waals surface area (Å²) in [5, 5.41) is 8.85. The lowest BCUT2D eigenvalue weighted by Gasteiger charge is -2.32.